The highest BCUT2D eigenvalue weighted by Crippen LogP contribution is 2.30. The van der Waals surface area contributed by atoms with Crippen molar-refractivity contribution >= 4 is 17.2 Å². The number of hydrogen-bond acceptors (Lipinski definition) is 7. The first-order chi connectivity index (χ1) is 17.4. The molecule has 2 heterocycles. The molecule has 36 heavy (non-hydrogen) atoms. The van der Waals surface area contributed by atoms with Gasteiger partial charge in [0.05, 0.1) is 20.8 Å². The van der Waals surface area contributed by atoms with E-state index in [0.29, 0.717) is 41.7 Å². The molecule has 4 aromatic rings. The minimum atomic E-state index is -0.278. The van der Waals surface area contributed by atoms with Crippen LogP contribution in [0.5, 0.6) is 17.2 Å². The topological polar surface area (TPSA) is 109 Å². The van der Waals surface area contributed by atoms with E-state index in [2.05, 4.69) is 15.5 Å². The molecule has 1 amide bonds. The van der Waals surface area contributed by atoms with Crippen molar-refractivity contribution in [1.29, 1.82) is 0 Å². The van der Waals surface area contributed by atoms with Gasteiger partial charge in [-0.15, -0.1) is 10.2 Å². The van der Waals surface area contributed by atoms with Crippen molar-refractivity contribution in [2.75, 3.05) is 26.1 Å². The highest BCUT2D eigenvalue weighted by atomic mass is 16.5. The number of carbonyl (C=O) groups is 1. The molecule has 1 N–H and O–H groups in total. The van der Waals surface area contributed by atoms with Crippen molar-refractivity contribution in [2.24, 2.45) is 5.92 Å². The third-order valence-corrected chi connectivity index (χ3v) is 5.70. The number of fused-ring (bicyclic) bond motifs is 1. The van der Waals surface area contributed by atoms with E-state index in [1.807, 2.05) is 38.1 Å². The minimum absolute atomic E-state index is 0.0360. The van der Waals surface area contributed by atoms with Gasteiger partial charge in [-0.05, 0) is 49.2 Å². The molecule has 0 saturated heterocycles. The van der Waals surface area contributed by atoms with Crippen LogP contribution in [0.4, 0.5) is 5.69 Å². The lowest BCUT2D eigenvalue weighted by Gasteiger charge is -2.13. The Bertz CT molecular complexity index is 1410. The summed E-state index contributed by atoms with van der Waals surface area (Å²) in [4.78, 5) is 25.6. The Balaban J connectivity index is 1.44. The third kappa shape index (κ3) is 5.32. The summed E-state index contributed by atoms with van der Waals surface area (Å²) >= 11 is 0. The molecule has 10 heteroatoms. The summed E-state index contributed by atoms with van der Waals surface area (Å²) in [6.07, 6.45) is 4.20. The Labute approximate surface area is 208 Å². The summed E-state index contributed by atoms with van der Waals surface area (Å²) < 4.78 is 19.2. The lowest BCUT2D eigenvalue weighted by atomic mass is 10.0. The van der Waals surface area contributed by atoms with Gasteiger partial charge in [0.15, 0.2) is 11.5 Å². The van der Waals surface area contributed by atoms with Gasteiger partial charge in [0.2, 0.25) is 11.6 Å². The molecule has 0 fully saturated rings. The van der Waals surface area contributed by atoms with Gasteiger partial charge >= 0.3 is 5.56 Å². The lowest BCUT2D eigenvalue weighted by molar-refractivity contribution is -0.116. The first-order valence-corrected chi connectivity index (χ1v) is 11.6. The van der Waals surface area contributed by atoms with Crippen molar-refractivity contribution in [1.82, 2.24) is 19.2 Å². The quantitative estimate of drug-likeness (QED) is 0.362. The van der Waals surface area contributed by atoms with Crippen LogP contribution in [0.15, 0.2) is 59.7 Å². The van der Waals surface area contributed by atoms with Gasteiger partial charge < -0.3 is 19.5 Å². The number of aromatic nitrogens is 4. The van der Waals surface area contributed by atoms with Crippen LogP contribution in [-0.4, -0.2) is 45.9 Å². The molecule has 0 unspecified atom stereocenters. The van der Waals surface area contributed by atoms with Gasteiger partial charge in [-0.25, -0.2) is 0 Å². The molecule has 188 valence electrons. The highest BCUT2D eigenvalue weighted by Gasteiger charge is 2.17. The predicted octanol–water partition coefficient (Wildman–Crippen LogP) is 3.50. The molecule has 0 saturated carbocycles. The van der Waals surface area contributed by atoms with Gasteiger partial charge in [0.1, 0.15) is 11.6 Å². The summed E-state index contributed by atoms with van der Waals surface area (Å²) in [5.74, 6) is 2.31. The predicted molar refractivity (Wildman–Crippen MR) is 135 cm³/mol. The molecule has 0 spiro atoms. The van der Waals surface area contributed by atoms with Crippen molar-refractivity contribution in [3.05, 3.63) is 71.0 Å². The molecule has 0 aliphatic heterocycles. The molecule has 1 atom stereocenters. The highest BCUT2D eigenvalue weighted by molar-refractivity contribution is 5.91. The van der Waals surface area contributed by atoms with E-state index >= 15 is 0 Å². The standard InChI is InChI=1S/C26H29N5O5/c1-5-36-20-9-7-19(8-10-20)30-12-13-31-23(28-29-25(31)26(30)33)14-17(2)15-24(32)27-18-6-11-21(34-3)22(16-18)35-4/h6-13,16-17H,5,14-15H2,1-4H3,(H,27,32)/t17-/m0/s1. The monoisotopic (exact) mass is 491 g/mol. The number of ether oxygens (including phenoxy) is 3. The van der Waals surface area contributed by atoms with Crippen LogP contribution < -0.4 is 25.1 Å². The number of hydrogen-bond donors (Lipinski definition) is 1. The van der Waals surface area contributed by atoms with Gasteiger partial charge in [0, 0.05) is 42.7 Å². The molecule has 0 radical (unpaired) electrons. The fraction of sp³-hybridized carbons (Fsp3) is 0.308. The smallest absolute Gasteiger partial charge is 0.300 e. The number of amides is 1. The van der Waals surface area contributed by atoms with Crippen LogP contribution in [0.1, 0.15) is 26.1 Å². The summed E-state index contributed by atoms with van der Waals surface area (Å²) in [5.41, 5.74) is 1.27. The van der Waals surface area contributed by atoms with E-state index in [9.17, 15) is 9.59 Å². The minimum Gasteiger partial charge on any atom is -0.494 e. The van der Waals surface area contributed by atoms with Crippen LogP contribution in [0.3, 0.4) is 0 Å². The normalized spacial score (nSPS) is 11.8. The summed E-state index contributed by atoms with van der Waals surface area (Å²) in [5, 5.41) is 11.2. The maximum atomic E-state index is 13.0. The second-order valence-corrected chi connectivity index (χ2v) is 8.34. The van der Waals surface area contributed by atoms with E-state index in [-0.39, 0.29) is 29.5 Å². The Morgan fingerprint density at radius 1 is 1.03 bits per heavy atom. The largest absolute Gasteiger partial charge is 0.494 e. The zero-order valence-corrected chi connectivity index (χ0v) is 20.7. The molecular weight excluding hydrogens is 462 g/mol. The summed E-state index contributed by atoms with van der Waals surface area (Å²) in [7, 11) is 3.10. The van der Waals surface area contributed by atoms with Crippen molar-refractivity contribution in [2.45, 2.75) is 26.7 Å². The zero-order chi connectivity index (χ0) is 25.7. The van der Waals surface area contributed by atoms with E-state index in [1.54, 1.807) is 49.2 Å². The first kappa shape index (κ1) is 24.8. The Hall–Kier alpha value is -4.34. The molecule has 0 bridgehead atoms. The van der Waals surface area contributed by atoms with Gasteiger partial charge in [-0.2, -0.15) is 0 Å². The van der Waals surface area contributed by atoms with E-state index < -0.39 is 0 Å². The number of carbonyl (C=O) groups excluding carboxylic acids is 1. The Morgan fingerprint density at radius 2 is 1.78 bits per heavy atom. The van der Waals surface area contributed by atoms with Gasteiger partial charge in [-0.1, -0.05) is 6.92 Å². The second kappa shape index (κ2) is 10.9. The van der Waals surface area contributed by atoms with Crippen molar-refractivity contribution < 1.29 is 19.0 Å². The number of nitrogens with one attached hydrogen (secondary N) is 1. The lowest BCUT2D eigenvalue weighted by Crippen LogP contribution is -2.21. The fourth-order valence-corrected chi connectivity index (χ4v) is 3.97. The van der Waals surface area contributed by atoms with E-state index in [1.165, 1.54) is 4.57 Å². The number of rotatable bonds is 10. The van der Waals surface area contributed by atoms with Crippen molar-refractivity contribution in [3.8, 4) is 22.9 Å². The van der Waals surface area contributed by atoms with Crippen molar-refractivity contribution in [3.63, 3.8) is 0 Å². The number of methoxy groups -OCH3 is 2. The molecular formula is C26H29N5O5. The second-order valence-electron chi connectivity index (χ2n) is 8.34. The number of nitrogens with zero attached hydrogens (tertiary/aromatic N) is 4. The number of benzene rings is 2. The van der Waals surface area contributed by atoms with Crippen LogP contribution in [0.2, 0.25) is 0 Å². The molecule has 2 aromatic heterocycles. The van der Waals surface area contributed by atoms with Gasteiger partial charge in [-0.3, -0.25) is 18.6 Å². The summed E-state index contributed by atoms with van der Waals surface area (Å²) in [6, 6.07) is 12.5. The molecule has 4 rings (SSSR count). The average Bonchev–Trinajstić information content (AvgIpc) is 3.28. The summed E-state index contributed by atoms with van der Waals surface area (Å²) in [6.45, 7) is 4.45. The maximum Gasteiger partial charge on any atom is 0.300 e. The van der Waals surface area contributed by atoms with Crippen LogP contribution in [0, 0.1) is 5.92 Å². The van der Waals surface area contributed by atoms with E-state index in [0.717, 1.165) is 5.75 Å². The third-order valence-electron chi connectivity index (χ3n) is 5.70. The Kier molecular flexibility index (Phi) is 7.53. The van der Waals surface area contributed by atoms with Crippen LogP contribution in [0.25, 0.3) is 11.3 Å². The molecule has 10 nitrogen and oxygen atoms in total. The molecule has 0 aliphatic carbocycles. The fourth-order valence-electron chi connectivity index (χ4n) is 3.97. The maximum absolute atomic E-state index is 13.0. The average molecular weight is 492 g/mol. The van der Waals surface area contributed by atoms with Crippen LogP contribution in [-0.2, 0) is 11.2 Å². The Morgan fingerprint density at radius 3 is 2.47 bits per heavy atom. The number of anilines is 1. The van der Waals surface area contributed by atoms with E-state index in [4.69, 9.17) is 14.2 Å². The zero-order valence-electron chi connectivity index (χ0n) is 20.7. The SMILES string of the molecule is CCOc1ccc(-n2ccn3c(C[C@H](C)CC(=O)Nc4ccc(OC)c(OC)c4)nnc3c2=O)cc1. The van der Waals surface area contributed by atoms with Crippen LogP contribution >= 0.6 is 0 Å². The first-order valence-electron chi connectivity index (χ1n) is 11.6. The molecule has 0 aliphatic rings. The molecule has 2 aromatic carbocycles. The van der Waals surface area contributed by atoms with Gasteiger partial charge in [0.25, 0.3) is 0 Å².